The second-order valence-corrected chi connectivity index (χ2v) is 11.8. The summed E-state index contributed by atoms with van der Waals surface area (Å²) in [5.74, 6) is -1.61. The van der Waals surface area contributed by atoms with Crippen molar-refractivity contribution >= 4 is 52.1 Å². The van der Waals surface area contributed by atoms with Gasteiger partial charge in [0.15, 0.2) is 5.12 Å². The van der Waals surface area contributed by atoms with Gasteiger partial charge in [0, 0.05) is 56.1 Å². The van der Waals surface area contributed by atoms with Gasteiger partial charge in [0.25, 0.3) is 11.4 Å². The number of amides is 2. The van der Waals surface area contributed by atoms with Crippen molar-refractivity contribution in [1.29, 1.82) is 0 Å². The number of esters is 1. The van der Waals surface area contributed by atoms with E-state index in [-0.39, 0.29) is 66.2 Å². The third-order valence-corrected chi connectivity index (χ3v) is 8.15. The molecule has 2 heterocycles. The Morgan fingerprint density at radius 3 is 2.02 bits per heavy atom. The number of non-ortho nitro benzene ring substituents is 2. The second-order valence-electron chi connectivity index (χ2n) is 10.4. The largest absolute Gasteiger partial charge is 0.455 e. The first kappa shape index (κ1) is 32.8. The summed E-state index contributed by atoms with van der Waals surface area (Å²) in [4.78, 5) is 78.3. The van der Waals surface area contributed by atoms with Gasteiger partial charge in [0.05, 0.1) is 15.9 Å². The van der Waals surface area contributed by atoms with E-state index in [1.807, 2.05) is 0 Å². The first-order chi connectivity index (χ1) is 21.4. The van der Waals surface area contributed by atoms with Crippen LogP contribution in [0.4, 0.5) is 16.2 Å². The van der Waals surface area contributed by atoms with Crippen molar-refractivity contribution in [2.75, 3.05) is 19.6 Å². The maximum Gasteiger partial charge on any atom is 0.410 e. The number of nitro benzene ring substituents is 2. The van der Waals surface area contributed by atoms with Crippen LogP contribution in [0, 0.1) is 20.2 Å². The zero-order chi connectivity index (χ0) is 32.7. The molecule has 0 saturated carbocycles. The van der Waals surface area contributed by atoms with Crippen LogP contribution < -0.4 is 5.73 Å². The number of nitro groups is 2. The van der Waals surface area contributed by atoms with Crippen LogP contribution in [-0.4, -0.2) is 85.5 Å². The number of ether oxygens (including phenoxy) is 2. The predicted molar refractivity (Wildman–Crippen MR) is 160 cm³/mol. The summed E-state index contributed by atoms with van der Waals surface area (Å²) < 4.78 is 10.6. The molecule has 4 rings (SSSR count). The molecule has 2 N–H and O–H groups in total. The number of rotatable bonds is 9. The first-order valence-corrected chi connectivity index (χ1v) is 14.7. The molecule has 2 aliphatic heterocycles. The summed E-state index contributed by atoms with van der Waals surface area (Å²) in [6.45, 7) is 1.62. The van der Waals surface area contributed by atoms with E-state index in [0.29, 0.717) is 24.1 Å². The number of hydrogen-bond donors (Lipinski definition) is 1. The third-order valence-electron chi connectivity index (χ3n) is 7.15. The summed E-state index contributed by atoms with van der Waals surface area (Å²) in [7, 11) is 0. The van der Waals surface area contributed by atoms with E-state index in [1.54, 1.807) is 0 Å². The second kappa shape index (κ2) is 14.6. The van der Waals surface area contributed by atoms with Crippen molar-refractivity contribution < 1.29 is 38.5 Å². The average molecular weight is 643 g/mol. The minimum absolute atomic E-state index is 0.0977. The van der Waals surface area contributed by atoms with Gasteiger partial charge in [-0.3, -0.25) is 39.7 Å². The Balaban J connectivity index is 1.34. The van der Waals surface area contributed by atoms with Gasteiger partial charge >= 0.3 is 12.1 Å². The highest BCUT2D eigenvalue weighted by Gasteiger charge is 2.44. The Bertz CT molecular complexity index is 1500. The number of benzene rings is 2. The van der Waals surface area contributed by atoms with Gasteiger partial charge in [-0.25, -0.2) is 9.59 Å². The van der Waals surface area contributed by atoms with Crippen molar-refractivity contribution in [2.24, 2.45) is 10.7 Å². The highest BCUT2D eigenvalue weighted by Crippen LogP contribution is 2.31. The van der Waals surface area contributed by atoms with Crippen LogP contribution in [0.25, 0.3) is 0 Å². The molecule has 2 amide bonds. The number of carbonyl (C=O) groups is 4. The molecule has 0 spiro atoms. The summed E-state index contributed by atoms with van der Waals surface area (Å²) in [6.07, 6.45) is -0.116. The van der Waals surface area contributed by atoms with Crippen LogP contribution >= 0.6 is 11.8 Å². The van der Waals surface area contributed by atoms with Crippen LogP contribution in [0.1, 0.15) is 30.9 Å². The van der Waals surface area contributed by atoms with Crippen LogP contribution in [-0.2, 0) is 37.1 Å². The Hall–Kier alpha value is -5.06. The molecule has 2 aromatic rings. The normalized spacial score (nSPS) is 19.7. The molecule has 0 bridgehead atoms. The lowest BCUT2D eigenvalue weighted by Gasteiger charge is -2.27. The van der Waals surface area contributed by atoms with Gasteiger partial charge in [-0.05, 0) is 48.2 Å². The lowest BCUT2D eigenvalue weighted by Crippen LogP contribution is -2.47. The molecule has 45 heavy (non-hydrogen) atoms. The Morgan fingerprint density at radius 1 is 0.933 bits per heavy atom. The monoisotopic (exact) mass is 642 g/mol. The van der Waals surface area contributed by atoms with Crippen LogP contribution in [0.15, 0.2) is 53.5 Å². The standard InChI is InChI=1S/C28H30N6O10S/c1-17(35)45-23-12-24(32(14-23)28(38)44-16-19-4-8-22(9-5-19)34(41)42)26(36)31-11-10-20(13-31)30-25(29)27(37)43-15-18-2-6-21(7-3-18)33(39)40/h2-9,20,23-24H,10-16H2,1H3,(H2,29,30)/t20-,23+,24+/m1/s1. The molecule has 0 unspecified atom stereocenters. The molecule has 2 fully saturated rings. The summed E-state index contributed by atoms with van der Waals surface area (Å²) >= 11 is 1.04. The fourth-order valence-corrected chi connectivity index (χ4v) is 5.92. The third kappa shape index (κ3) is 8.75. The molecule has 2 aromatic carbocycles. The SMILES string of the molecule is CC(=O)S[C@H]1C[C@@H](C(=O)N2CC[C@@H](N=C(N)C(=O)OCc3ccc([N+](=O)[O-])cc3)C2)N(C(=O)OCc2ccc([N+](=O)[O-])cc2)C1. The molecule has 16 nitrogen and oxygen atoms in total. The van der Waals surface area contributed by atoms with E-state index in [0.717, 1.165) is 11.8 Å². The minimum Gasteiger partial charge on any atom is -0.455 e. The van der Waals surface area contributed by atoms with Crippen molar-refractivity contribution in [2.45, 2.75) is 50.3 Å². The van der Waals surface area contributed by atoms with Crippen molar-refractivity contribution in [3.05, 3.63) is 79.9 Å². The van der Waals surface area contributed by atoms with Gasteiger partial charge in [0.2, 0.25) is 11.7 Å². The zero-order valence-electron chi connectivity index (χ0n) is 24.1. The predicted octanol–water partition coefficient (Wildman–Crippen LogP) is 2.56. The number of amidine groups is 1. The number of likely N-dealkylation sites (tertiary alicyclic amines) is 2. The van der Waals surface area contributed by atoms with Gasteiger partial charge < -0.3 is 20.1 Å². The van der Waals surface area contributed by atoms with E-state index in [4.69, 9.17) is 15.2 Å². The fourth-order valence-electron chi connectivity index (χ4n) is 4.94. The summed E-state index contributed by atoms with van der Waals surface area (Å²) in [5.41, 5.74) is 6.69. The lowest BCUT2D eigenvalue weighted by atomic mass is 10.2. The topological polar surface area (TPSA) is 218 Å². The maximum absolute atomic E-state index is 13.6. The molecule has 0 radical (unpaired) electrons. The quantitative estimate of drug-likeness (QED) is 0.137. The van der Waals surface area contributed by atoms with Gasteiger partial charge in [-0.15, -0.1) is 0 Å². The molecule has 17 heteroatoms. The van der Waals surface area contributed by atoms with Crippen molar-refractivity contribution in [1.82, 2.24) is 9.80 Å². The van der Waals surface area contributed by atoms with Gasteiger partial charge in [0.1, 0.15) is 19.3 Å². The number of nitrogens with zero attached hydrogens (tertiary/aromatic N) is 5. The van der Waals surface area contributed by atoms with E-state index in [1.165, 1.54) is 65.3 Å². The van der Waals surface area contributed by atoms with Crippen LogP contribution in [0.5, 0.6) is 0 Å². The average Bonchev–Trinajstić information content (AvgIpc) is 3.65. The zero-order valence-corrected chi connectivity index (χ0v) is 24.9. The molecule has 3 atom stereocenters. The Morgan fingerprint density at radius 2 is 1.49 bits per heavy atom. The molecular weight excluding hydrogens is 612 g/mol. The number of thioether (sulfide) groups is 1. The minimum atomic E-state index is -0.891. The lowest BCUT2D eigenvalue weighted by molar-refractivity contribution is -0.385. The fraction of sp³-hybridized carbons (Fsp3) is 0.393. The summed E-state index contributed by atoms with van der Waals surface area (Å²) in [5, 5.41) is 21.2. The van der Waals surface area contributed by atoms with Crippen molar-refractivity contribution in [3.8, 4) is 0 Å². The Kier molecular flexibility index (Phi) is 10.7. The smallest absolute Gasteiger partial charge is 0.410 e. The first-order valence-electron chi connectivity index (χ1n) is 13.8. The summed E-state index contributed by atoms with van der Waals surface area (Å²) in [6, 6.07) is 9.62. The number of aliphatic imine (C=N–C) groups is 1. The van der Waals surface area contributed by atoms with Crippen LogP contribution in [0.2, 0.25) is 0 Å². The number of nitrogens with two attached hydrogens (primary N) is 1. The molecule has 238 valence electrons. The van der Waals surface area contributed by atoms with Crippen molar-refractivity contribution in [3.63, 3.8) is 0 Å². The van der Waals surface area contributed by atoms with E-state index < -0.39 is 34.0 Å². The van der Waals surface area contributed by atoms with Crippen LogP contribution in [0.3, 0.4) is 0 Å². The Labute approximate surface area is 260 Å². The van der Waals surface area contributed by atoms with Gasteiger partial charge in [-0.1, -0.05) is 11.8 Å². The number of carbonyl (C=O) groups excluding carboxylic acids is 4. The molecule has 0 aliphatic carbocycles. The van der Waals surface area contributed by atoms with E-state index in [9.17, 15) is 39.4 Å². The van der Waals surface area contributed by atoms with Gasteiger partial charge in [-0.2, -0.15) is 0 Å². The highest BCUT2D eigenvalue weighted by atomic mass is 32.2. The number of hydrogen-bond acceptors (Lipinski definition) is 12. The molecule has 0 aromatic heterocycles. The molecule has 2 saturated heterocycles. The molecular formula is C28H30N6O10S. The maximum atomic E-state index is 13.6. The highest BCUT2D eigenvalue weighted by molar-refractivity contribution is 8.14. The van der Waals surface area contributed by atoms with E-state index in [2.05, 4.69) is 4.99 Å². The van der Waals surface area contributed by atoms with E-state index >= 15 is 0 Å². The molecule has 2 aliphatic rings.